The van der Waals surface area contributed by atoms with Crippen LogP contribution < -0.4 is 30.0 Å². The number of ether oxygens (including phenoxy) is 3. The molecule has 0 aliphatic rings. The quantitative estimate of drug-likeness (QED) is 0.868. The van der Waals surface area contributed by atoms with Crippen molar-refractivity contribution in [3.05, 3.63) is 59.0 Å². The molecule has 2 aromatic rings. The lowest BCUT2D eigenvalue weighted by atomic mass is 10.2. The van der Waals surface area contributed by atoms with Gasteiger partial charge in [0.05, 0.1) is 14.2 Å². The van der Waals surface area contributed by atoms with Crippen LogP contribution in [0.25, 0.3) is 12.3 Å². The number of hydrogen-bond donors (Lipinski definition) is 1. The lowest BCUT2D eigenvalue weighted by molar-refractivity contribution is -0.114. The Hall–Kier alpha value is -3.21. The highest BCUT2D eigenvalue weighted by atomic mass is 16.5. The van der Waals surface area contributed by atoms with E-state index >= 15 is 0 Å². The fraction of sp³-hybridized carbons (Fsp3) is 0.190. The molecule has 2 aromatic carbocycles. The minimum atomic E-state index is -0.172. The Labute approximate surface area is 153 Å². The van der Waals surface area contributed by atoms with E-state index in [0.717, 1.165) is 10.4 Å². The van der Waals surface area contributed by atoms with Crippen LogP contribution in [0, 0.1) is 0 Å². The summed E-state index contributed by atoms with van der Waals surface area (Å²) >= 11 is 0. The summed E-state index contributed by atoms with van der Waals surface area (Å²) in [7, 11) is 3.17. The highest BCUT2D eigenvalue weighted by Gasteiger charge is 2.07. The summed E-state index contributed by atoms with van der Waals surface area (Å²) in [5.41, 5.74) is 0.590. The molecule has 0 saturated carbocycles. The highest BCUT2D eigenvalue weighted by molar-refractivity contribution is 5.89. The molecule has 5 heteroatoms. The first-order valence-electron chi connectivity index (χ1n) is 8.11. The van der Waals surface area contributed by atoms with Gasteiger partial charge in [-0.15, -0.1) is 0 Å². The van der Waals surface area contributed by atoms with E-state index < -0.39 is 0 Å². The predicted molar refractivity (Wildman–Crippen MR) is 104 cm³/mol. The molecule has 5 nitrogen and oxygen atoms in total. The summed E-state index contributed by atoms with van der Waals surface area (Å²) < 4.78 is 16.7. The Morgan fingerprint density at radius 2 is 1.73 bits per heavy atom. The molecule has 0 unspecified atom stereocenters. The van der Waals surface area contributed by atoms with Crippen molar-refractivity contribution in [2.45, 2.75) is 13.8 Å². The van der Waals surface area contributed by atoms with Gasteiger partial charge in [0, 0.05) is 36.0 Å². The van der Waals surface area contributed by atoms with E-state index in [0.29, 0.717) is 28.7 Å². The Kier molecular flexibility index (Phi) is 6.44. The van der Waals surface area contributed by atoms with Gasteiger partial charge in [-0.25, -0.2) is 0 Å². The molecule has 1 amide bonds. The van der Waals surface area contributed by atoms with Gasteiger partial charge in [0.15, 0.2) is 0 Å². The molecule has 0 fully saturated rings. The average molecular weight is 353 g/mol. The molecule has 0 radical (unpaired) electrons. The van der Waals surface area contributed by atoms with Crippen LogP contribution in [0.2, 0.25) is 0 Å². The van der Waals surface area contributed by atoms with Crippen molar-refractivity contribution < 1.29 is 19.0 Å². The standard InChI is InChI=1S/C21H23NO4/c1-6-7-21(20-13-17(24-4)9-8-14(20)2)26-19-11-16(22-15(3)23)10-18(12-19)25-5/h6-13H,2H2,1,3-5H3,(H,22,23)/b7-6-,21-20+. The van der Waals surface area contributed by atoms with Crippen LogP contribution in [-0.2, 0) is 4.79 Å². The van der Waals surface area contributed by atoms with Crippen molar-refractivity contribution in [2.75, 3.05) is 19.5 Å². The number of hydrogen-bond acceptors (Lipinski definition) is 4. The Morgan fingerprint density at radius 1 is 1.04 bits per heavy atom. The van der Waals surface area contributed by atoms with Crippen molar-refractivity contribution in [3.8, 4) is 17.2 Å². The molecule has 0 atom stereocenters. The third-order valence-corrected chi connectivity index (χ3v) is 3.56. The zero-order valence-corrected chi connectivity index (χ0v) is 15.5. The van der Waals surface area contributed by atoms with Gasteiger partial charge in [-0.05, 0) is 30.4 Å². The average Bonchev–Trinajstić information content (AvgIpc) is 2.61. The number of benzene rings is 2. The second-order valence-corrected chi connectivity index (χ2v) is 5.57. The van der Waals surface area contributed by atoms with Gasteiger partial charge in [0.2, 0.25) is 5.91 Å². The monoisotopic (exact) mass is 353 g/mol. The lowest BCUT2D eigenvalue weighted by Gasteiger charge is -2.12. The van der Waals surface area contributed by atoms with Crippen molar-refractivity contribution in [1.82, 2.24) is 0 Å². The van der Waals surface area contributed by atoms with Crippen LogP contribution >= 0.6 is 0 Å². The summed E-state index contributed by atoms with van der Waals surface area (Å²) in [6, 6.07) is 10.8. The summed E-state index contributed by atoms with van der Waals surface area (Å²) in [6.07, 6.45) is 3.73. The maximum absolute atomic E-state index is 11.4. The van der Waals surface area contributed by atoms with E-state index in [1.54, 1.807) is 32.4 Å². The molecular formula is C21H23NO4. The summed E-state index contributed by atoms with van der Waals surface area (Å²) in [4.78, 5) is 11.4. The predicted octanol–water partition coefficient (Wildman–Crippen LogP) is 2.84. The molecule has 2 rings (SSSR count). The van der Waals surface area contributed by atoms with Gasteiger partial charge in [-0.2, -0.15) is 0 Å². The minimum absolute atomic E-state index is 0.172. The Morgan fingerprint density at radius 3 is 2.35 bits per heavy atom. The largest absolute Gasteiger partial charge is 0.497 e. The van der Waals surface area contributed by atoms with Crippen LogP contribution in [0.1, 0.15) is 13.8 Å². The summed E-state index contributed by atoms with van der Waals surface area (Å²) in [5.74, 6) is 2.26. The Bertz CT molecular complexity index is 932. The smallest absolute Gasteiger partial charge is 0.221 e. The van der Waals surface area contributed by atoms with E-state index in [1.165, 1.54) is 6.92 Å². The first-order valence-corrected chi connectivity index (χ1v) is 8.11. The second-order valence-electron chi connectivity index (χ2n) is 5.57. The van der Waals surface area contributed by atoms with Gasteiger partial charge in [0.1, 0.15) is 23.0 Å². The Balaban J connectivity index is 2.57. The first kappa shape index (κ1) is 19.1. The van der Waals surface area contributed by atoms with Crippen molar-refractivity contribution in [1.29, 1.82) is 0 Å². The fourth-order valence-corrected chi connectivity index (χ4v) is 2.39. The molecule has 0 aromatic heterocycles. The number of methoxy groups -OCH3 is 2. The molecule has 0 aliphatic carbocycles. The number of nitrogens with one attached hydrogen (secondary N) is 1. The SMILES string of the molecule is C=c1ccc(OC)c/c1=C(/C=C\C)Oc1cc(NC(C)=O)cc(OC)c1. The van der Waals surface area contributed by atoms with E-state index in [4.69, 9.17) is 14.2 Å². The van der Waals surface area contributed by atoms with Crippen LogP contribution in [0.4, 0.5) is 5.69 Å². The fourth-order valence-electron chi connectivity index (χ4n) is 2.39. The third kappa shape index (κ3) is 4.89. The third-order valence-electron chi connectivity index (χ3n) is 3.56. The van der Waals surface area contributed by atoms with Crippen LogP contribution in [-0.4, -0.2) is 20.1 Å². The number of rotatable bonds is 6. The van der Waals surface area contributed by atoms with Gasteiger partial charge in [-0.3, -0.25) is 4.79 Å². The van der Waals surface area contributed by atoms with E-state index in [9.17, 15) is 4.79 Å². The summed E-state index contributed by atoms with van der Waals surface area (Å²) in [6.45, 7) is 7.41. The molecule has 26 heavy (non-hydrogen) atoms. The molecule has 1 N–H and O–H groups in total. The van der Waals surface area contributed by atoms with Gasteiger partial charge >= 0.3 is 0 Å². The van der Waals surface area contributed by atoms with E-state index in [1.807, 2.05) is 37.3 Å². The normalized spacial score (nSPS) is 11.8. The number of amides is 1. The molecular weight excluding hydrogens is 330 g/mol. The zero-order chi connectivity index (χ0) is 19.1. The van der Waals surface area contributed by atoms with E-state index in [-0.39, 0.29) is 5.91 Å². The van der Waals surface area contributed by atoms with Crippen molar-refractivity contribution in [3.63, 3.8) is 0 Å². The topological polar surface area (TPSA) is 56.8 Å². The van der Waals surface area contributed by atoms with Gasteiger partial charge in [0.25, 0.3) is 0 Å². The van der Waals surface area contributed by atoms with Crippen LogP contribution in [0.15, 0.2) is 48.6 Å². The lowest BCUT2D eigenvalue weighted by Crippen LogP contribution is -2.26. The molecule has 0 aliphatic heterocycles. The van der Waals surface area contributed by atoms with Crippen molar-refractivity contribution >= 4 is 23.9 Å². The molecule has 0 saturated heterocycles. The first-order chi connectivity index (χ1) is 12.5. The van der Waals surface area contributed by atoms with Crippen LogP contribution in [0.3, 0.4) is 0 Å². The number of anilines is 1. The number of carbonyl (C=O) groups excluding carboxylic acids is 1. The van der Waals surface area contributed by atoms with Crippen LogP contribution in [0.5, 0.6) is 17.2 Å². The number of carbonyl (C=O) groups is 1. The maximum Gasteiger partial charge on any atom is 0.221 e. The number of allylic oxidation sites excluding steroid dienone is 1. The van der Waals surface area contributed by atoms with Crippen molar-refractivity contribution in [2.24, 2.45) is 0 Å². The van der Waals surface area contributed by atoms with Gasteiger partial charge in [-0.1, -0.05) is 18.7 Å². The van der Waals surface area contributed by atoms with E-state index in [2.05, 4.69) is 11.9 Å². The molecule has 136 valence electrons. The molecule has 0 spiro atoms. The zero-order valence-electron chi connectivity index (χ0n) is 15.5. The molecule has 0 heterocycles. The minimum Gasteiger partial charge on any atom is -0.497 e. The molecule has 0 bridgehead atoms. The van der Waals surface area contributed by atoms with Gasteiger partial charge < -0.3 is 19.5 Å². The maximum atomic E-state index is 11.4. The summed E-state index contributed by atoms with van der Waals surface area (Å²) in [5, 5.41) is 4.36. The highest BCUT2D eigenvalue weighted by Crippen LogP contribution is 2.27. The second kappa shape index (κ2) is 8.76.